The maximum Gasteiger partial charge on any atom is 0.141 e. The fourth-order valence-corrected chi connectivity index (χ4v) is 2.53. The van der Waals surface area contributed by atoms with E-state index in [9.17, 15) is 0 Å². The monoisotopic (exact) mass is 352 g/mol. The normalized spacial score (nSPS) is 11.4. The minimum Gasteiger partial charge on any atom is -0.456 e. The second-order valence-electron chi connectivity index (χ2n) is 5.77. The number of hydrogen-bond donors (Lipinski definition) is 0. The summed E-state index contributed by atoms with van der Waals surface area (Å²) in [6.07, 6.45) is 0. The molecule has 0 fully saturated rings. The van der Waals surface area contributed by atoms with Crippen molar-refractivity contribution in [2.24, 2.45) is 0 Å². The number of rotatable bonds is 3. The Hall–Kier alpha value is -0.990. The van der Waals surface area contributed by atoms with Gasteiger partial charge in [-0.2, -0.15) is 0 Å². The summed E-state index contributed by atoms with van der Waals surface area (Å²) in [5.41, 5.74) is 2.51. The van der Waals surface area contributed by atoms with Crippen LogP contribution < -0.4 is 4.74 Å². The maximum atomic E-state index is 5.89. The van der Waals surface area contributed by atoms with Crippen molar-refractivity contribution in [1.29, 1.82) is 0 Å². The molecule has 0 aliphatic heterocycles. The van der Waals surface area contributed by atoms with Gasteiger partial charge < -0.3 is 4.74 Å². The lowest BCUT2D eigenvalue weighted by atomic mass is 9.87. The molecule has 0 aliphatic rings. The highest BCUT2D eigenvalue weighted by Crippen LogP contribution is 2.32. The highest BCUT2D eigenvalue weighted by Gasteiger charge is 2.13. The van der Waals surface area contributed by atoms with Crippen molar-refractivity contribution in [2.75, 3.05) is 0 Å². The summed E-state index contributed by atoms with van der Waals surface area (Å²) in [6.45, 7) is 6.60. The molecule has 2 aromatic rings. The molecule has 0 spiro atoms. The Morgan fingerprint density at radius 3 is 2.20 bits per heavy atom. The predicted molar refractivity (Wildman–Crippen MR) is 88.9 cm³/mol. The lowest BCUT2D eigenvalue weighted by Gasteiger charge is -2.19. The molecule has 2 rings (SSSR count). The van der Waals surface area contributed by atoms with Crippen LogP contribution in [0.2, 0.25) is 0 Å². The SMILES string of the molecule is CC(C)(C)c1ccc(Oc2ccc(CCl)cc2Br)cc1. The molecule has 0 radical (unpaired) electrons. The molecule has 0 N–H and O–H groups in total. The quantitative estimate of drug-likeness (QED) is 0.590. The van der Waals surface area contributed by atoms with Crippen molar-refractivity contribution < 1.29 is 4.74 Å². The van der Waals surface area contributed by atoms with E-state index >= 15 is 0 Å². The maximum absolute atomic E-state index is 5.89. The Kier molecular flexibility index (Phi) is 4.77. The summed E-state index contributed by atoms with van der Waals surface area (Å²) in [7, 11) is 0. The van der Waals surface area contributed by atoms with Gasteiger partial charge in [-0.25, -0.2) is 0 Å². The van der Waals surface area contributed by atoms with Gasteiger partial charge in [-0.3, -0.25) is 0 Å². The first-order valence-electron chi connectivity index (χ1n) is 6.53. The number of benzene rings is 2. The van der Waals surface area contributed by atoms with Crippen LogP contribution in [0.5, 0.6) is 11.5 Å². The van der Waals surface area contributed by atoms with E-state index in [1.165, 1.54) is 5.56 Å². The predicted octanol–water partition coefficient (Wildman–Crippen LogP) is 6.28. The third-order valence-corrected chi connectivity index (χ3v) is 4.03. The van der Waals surface area contributed by atoms with E-state index in [0.717, 1.165) is 21.5 Å². The van der Waals surface area contributed by atoms with Gasteiger partial charge in [0.2, 0.25) is 0 Å². The van der Waals surface area contributed by atoms with Crippen LogP contribution in [0.15, 0.2) is 46.9 Å². The molecule has 0 aromatic heterocycles. The lowest BCUT2D eigenvalue weighted by molar-refractivity contribution is 0.478. The van der Waals surface area contributed by atoms with E-state index in [4.69, 9.17) is 16.3 Å². The lowest BCUT2D eigenvalue weighted by Crippen LogP contribution is -2.10. The summed E-state index contributed by atoms with van der Waals surface area (Å²) in [5.74, 6) is 2.12. The smallest absolute Gasteiger partial charge is 0.141 e. The van der Waals surface area contributed by atoms with Crippen LogP contribution in [-0.2, 0) is 11.3 Å². The van der Waals surface area contributed by atoms with Gasteiger partial charge >= 0.3 is 0 Å². The highest BCUT2D eigenvalue weighted by molar-refractivity contribution is 9.10. The first kappa shape index (κ1) is 15.4. The Morgan fingerprint density at radius 1 is 1.05 bits per heavy atom. The molecule has 0 amide bonds. The van der Waals surface area contributed by atoms with E-state index in [2.05, 4.69) is 48.8 Å². The summed E-state index contributed by atoms with van der Waals surface area (Å²) in [6, 6.07) is 14.1. The summed E-state index contributed by atoms with van der Waals surface area (Å²) >= 11 is 9.32. The molecule has 0 bridgehead atoms. The second kappa shape index (κ2) is 6.19. The molecule has 1 nitrogen and oxygen atoms in total. The van der Waals surface area contributed by atoms with Crippen LogP contribution in [0.4, 0.5) is 0 Å². The van der Waals surface area contributed by atoms with Gasteiger partial charge in [0, 0.05) is 5.88 Å². The molecule has 0 aliphatic carbocycles. The topological polar surface area (TPSA) is 9.23 Å². The van der Waals surface area contributed by atoms with E-state index in [0.29, 0.717) is 5.88 Å². The van der Waals surface area contributed by atoms with Crippen molar-refractivity contribution in [2.45, 2.75) is 32.1 Å². The zero-order valence-corrected chi connectivity index (χ0v) is 14.3. The van der Waals surface area contributed by atoms with Gasteiger partial charge in [0.15, 0.2) is 0 Å². The molecule has 20 heavy (non-hydrogen) atoms. The minimum absolute atomic E-state index is 0.154. The van der Waals surface area contributed by atoms with Crippen LogP contribution in [0, 0.1) is 0 Å². The molecule has 3 heteroatoms. The van der Waals surface area contributed by atoms with Crippen LogP contribution >= 0.6 is 27.5 Å². The van der Waals surface area contributed by atoms with Crippen molar-refractivity contribution in [3.8, 4) is 11.5 Å². The first-order chi connectivity index (χ1) is 9.40. The van der Waals surface area contributed by atoms with E-state index < -0.39 is 0 Å². The van der Waals surface area contributed by atoms with Crippen molar-refractivity contribution in [3.05, 3.63) is 58.1 Å². The molecule has 106 valence electrons. The molecule has 0 unspecified atom stereocenters. The van der Waals surface area contributed by atoms with E-state index in [1.54, 1.807) is 0 Å². The molecule has 0 atom stereocenters. The molecule has 0 saturated heterocycles. The summed E-state index contributed by atoms with van der Waals surface area (Å²) < 4.78 is 6.80. The van der Waals surface area contributed by atoms with Crippen LogP contribution in [0.1, 0.15) is 31.9 Å². The van der Waals surface area contributed by atoms with Gasteiger partial charge in [0.05, 0.1) is 4.47 Å². The van der Waals surface area contributed by atoms with Crippen LogP contribution in [0.25, 0.3) is 0 Å². The number of ether oxygens (including phenoxy) is 1. The molecule has 2 aromatic carbocycles. The third kappa shape index (κ3) is 3.77. The minimum atomic E-state index is 0.154. The Morgan fingerprint density at radius 2 is 1.70 bits per heavy atom. The van der Waals surface area contributed by atoms with Gasteiger partial charge in [-0.1, -0.05) is 39.0 Å². The number of halogens is 2. The van der Waals surface area contributed by atoms with E-state index in [1.807, 2.05) is 30.3 Å². The van der Waals surface area contributed by atoms with Gasteiger partial charge in [-0.15, -0.1) is 11.6 Å². The number of hydrogen-bond acceptors (Lipinski definition) is 1. The van der Waals surface area contributed by atoms with Gasteiger partial charge in [-0.05, 0) is 56.7 Å². The Labute approximate surface area is 134 Å². The fraction of sp³-hybridized carbons (Fsp3) is 0.294. The Balaban J connectivity index is 2.18. The van der Waals surface area contributed by atoms with Gasteiger partial charge in [0.1, 0.15) is 11.5 Å². The number of alkyl halides is 1. The molecule has 0 heterocycles. The van der Waals surface area contributed by atoms with Crippen LogP contribution in [-0.4, -0.2) is 0 Å². The zero-order chi connectivity index (χ0) is 14.8. The molecule has 0 saturated carbocycles. The zero-order valence-electron chi connectivity index (χ0n) is 11.9. The van der Waals surface area contributed by atoms with Gasteiger partial charge in [0.25, 0.3) is 0 Å². The van der Waals surface area contributed by atoms with Crippen molar-refractivity contribution in [1.82, 2.24) is 0 Å². The van der Waals surface area contributed by atoms with Crippen LogP contribution in [0.3, 0.4) is 0 Å². The average Bonchev–Trinajstić information content (AvgIpc) is 2.40. The van der Waals surface area contributed by atoms with E-state index in [-0.39, 0.29) is 5.41 Å². The summed E-state index contributed by atoms with van der Waals surface area (Å²) in [5, 5.41) is 0. The average molecular weight is 354 g/mol. The third-order valence-electron chi connectivity index (χ3n) is 3.10. The van der Waals surface area contributed by atoms with Crippen molar-refractivity contribution >= 4 is 27.5 Å². The molecular formula is C17H18BrClO. The highest BCUT2D eigenvalue weighted by atomic mass is 79.9. The van der Waals surface area contributed by atoms with Crippen molar-refractivity contribution in [3.63, 3.8) is 0 Å². The second-order valence-corrected chi connectivity index (χ2v) is 6.90. The first-order valence-corrected chi connectivity index (χ1v) is 7.85. The largest absolute Gasteiger partial charge is 0.456 e. The Bertz CT molecular complexity index is 585. The standard InChI is InChI=1S/C17H18BrClO/c1-17(2,3)13-5-7-14(8-6-13)20-16-9-4-12(11-19)10-15(16)18/h4-10H,11H2,1-3H3. The molecular weight excluding hydrogens is 336 g/mol. The fourth-order valence-electron chi connectivity index (χ4n) is 1.86. The summed E-state index contributed by atoms with van der Waals surface area (Å²) in [4.78, 5) is 0.